The Morgan fingerprint density at radius 1 is 1.50 bits per heavy atom. The number of hydrogen-bond donors (Lipinski definition) is 1. The normalized spacial score (nSPS) is 15.5. The van der Waals surface area contributed by atoms with Gasteiger partial charge in [-0.2, -0.15) is 0 Å². The van der Waals surface area contributed by atoms with Crippen molar-refractivity contribution in [2.45, 2.75) is 12.8 Å². The van der Waals surface area contributed by atoms with Gasteiger partial charge in [-0.25, -0.2) is 9.78 Å². The highest BCUT2D eigenvalue weighted by Gasteiger charge is 2.26. The first-order valence-corrected chi connectivity index (χ1v) is 6.04. The number of aromatic nitrogens is 1. The maximum atomic E-state index is 11.7. The first-order chi connectivity index (χ1) is 9.54. The minimum absolute atomic E-state index is 0.0533. The Hall–Kier alpha value is -2.70. The van der Waals surface area contributed by atoms with E-state index in [9.17, 15) is 20.0 Å². The summed E-state index contributed by atoms with van der Waals surface area (Å²) in [7, 11) is 0. The molecule has 1 aliphatic carbocycles. The Morgan fingerprint density at radius 2 is 2.25 bits per heavy atom. The van der Waals surface area contributed by atoms with Gasteiger partial charge in [-0.05, 0) is 18.9 Å². The van der Waals surface area contributed by atoms with Crippen molar-refractivity contribution in [3.05, 3.63) is 50.2 Å². The molecule has 102 valence electrons. The molecule has 0 aliphatic heterocycles. The average molecular weight is 274 g/mol. The number of allylic oxidation sites excluding steroid dienone is 1. The Kier molecular flexibility index (Phi) is 2.74. The highest BCUT2D eigenvalue weighted by atomic mass is 16.6. The smallest absolute Gasteiger partial charge is 0.362 e. The highest BCUT2D eigenvalue weighted by molar-refractivity contribution is 5.75. The zero-order chi connectivity index (χ0) is 14.3. The van der Waals surface area contributed by atoms with Crippen molar-refractivity contribution < 1.29 is 14.4 Å². The molecule has 20 heavy (non-hydrogen) atoms. The van der Waals surface area contributed by atoms with Crippen LogP contribution in [0.4, 0.5) is 5.69 Å². The lowest BCUT2D eigenvalue weighted by Gasteiger charge is -1.99. The fraction of sp³-hybridized carbons (Fsp3) is 0.231. The van der Waals surface area contributed by atoms with Crippen molar-refractivity contribution in [3.63, 3.8) is 0 Å². The van der Waals surface area contributed by atoms with Crippen molar-refractivity contribution in [1.82, 2.24) is 4.98 Å². The summed E-state index contributed by atoms with van der Waals surface area (Å²) in [5.74, 6) is 0.173. The quantitative estimate of drug-likeness (QED) is 0.523. The molecule has 7 heteroatoms. The van der Waals surface area contributed by atoms with Crippen LogP contribution in [0.25, 0.3) is 17.2 Å². The number of non-ortho nitro benzene ring substituents is 1. The topological polar surface area (TPSA) is 106 Å². The van der Waals surface area contributed by atoms with Gasteiger partial charge in [0, 0.05) is 24.1 Å². The van der Waals surface area contributed by atoms with E-state index in [1.807, 2.05) is 0 Å². The maximum absolute atomic E-state index is 11.7. The molecular formula is C13H10N2O5. The van der Waals surface area contributed by atoms with Gasteiger partial charge in [0.1, 0.15) is 5.52 Å². The zero-order valence-electron chi connectivity index (χ0n) is 10.3. The number of benzene rings is 1. The molecule has 2 aromatic rings. The molecule has 1 aromatic heterocycles. The summed E-state index contributed by atoms with van der Waals surface area (Å²) in [5, 5.41) is 20.4. The Bertz CT molecular complexity index is 789. The molecule has 3 rings (SSSR count). The second kappa shape index (κ2) is 4.44. The van der Waals surface area contributed by atoms with Crippen molar-refractivity contribution >= 4 is 22.9 Å². The van der Waals surface area contributed by atoms with E-state index in [1.54, 1.807) is 0 Å². The van der Waals surface area contributed by atoms with Crippen molar-refractivity contribution in [2.24, 2.45) is 5.92 Å². The van der Waals surface area contributed by atoms with Crippen molar-refractivity contribution in [1.29, 1.82) is 0 Å². The van der Waals surface area contributed by atoms with Gasteiger partial charge in [0.2, 0.25) is 0 Å². The van der Waals surface area contributed by atoms with E-state index < -0.39 is 10.5 Å². The summed E-state index contributed by atoms with van der Waals surface area (Å²) in [4.78, 5) is 25.9. The van der Waals surface area contributed by atoms with Gasteiger partial charge in [-0.15, -0.1) is 0 Å². The molecule has 1 aromatic carbocycles. The van der Waals surface area contributed by atoms with Gasteiger partial charge in [0.15, 0.2) is 11.3 Å². The molecule has 0 radical (unpaired) electrons. The van der Waals surface area contributed by atoms with E-state index >= 15 is 0 Å². The molecular weight excluding hydrogens is 264 g/mol. The van der Waals surface area contributed by atoms with Crippen LogP contribution in [-0.2, 0) is 0 Å². The molecule has 0 spiro atoms. The Balaban J connectivity index is 2.13. The molecule has 0 amide bonds. The fourth-order valence-corrected chi connectivity index (χ4v) is 1.85. The first-order valence-electron chi connectivity index (χ1n) is 6.04. The number of aliphatic hydroxyl groups is 1. The molecule has 1 fully saturated rings. The molecule has 1 aliphatic rings. The van der Waals surface area contributed by atoms with Gasteiger partial charge >= 0.3 is 5.63 Å². The number of aliphatic hydroxyl groups excluding tert-OH is 1. The molecule has 1 saturated carbocycles. The summed E-state index contributed by atoms with van der Waals surface area (Å²) in [6, 6.07) is 3.80. The third kappa shape index (κ3) is 2.25. The van der Waals surface area contributed by atoms with Crippen LogP contribution in [0.3, 0.4) is 0 Å². The summed E-state index contributed by atoms with van der Waals surface area (Å²) in [6.45, 7) is 0. The molecule has 1 heterocycles. The molecule has 0 atom stereocenters. The molecule has 7 nitrogen and oxygen atoms in total. The minimum atomic E-state index is -0.682. The average Bonchev–Trinajstić information content (AvgIpc) is 3.23. The maximum Gasteiger partial charge on any atom is 0.362 e. The molecule has 0 saturated heterocycles. The lowest BCUT2D eigenvalue weighted by atomic mass is 10.2. The van der Waals surface area contributed by atoms with Gasteiger partial charge in [-0.1, -0.05) is 0 Å². The van der Waals surface area contributed by atoms with E-state index in [4.69, 9.17) is 4.42 Å². The SMILES string of the molecule is O=c1oc2ccc([N+](=O)[O-])cc2nc1C=C(O)C1CC1. The van der Waals surface area contributed by atoms with Crippen LogP contribution in [0.15, 0.2) is 33.2 Å². The predicted octanol–water partition coefficient (Wildman–Crippen LogP) is 2.41. The highest BCUT2D eigenvalue weighted by Crippen LogP contribution is 2.35. The van der Waals surface area contributed by atoms with Crippen LogP contribution in [-0.4, -0.2) is 15.0 Å². The van der Waals surface area contributed by atoms with Crippen molar-refractivity contribution in [2.75, 3.05) is 0 Å². The number of hydrogen-bond acceptors (Lipinski definition) is 6. The monoisotopic (exact) mass is 274 g/mol. The summed E-state index contributed by atoms with van der Waals surface area (Å²) in [5.41, 5.74) is -0.501. The second-order valence-electron chi connectivity index (χ2n) is 4.64. The molecule has 1 N–H and O–H groups in total. The van der Waals surface area contributed by atoms with E-state index in [0.717, 1.165) is 12.8 Å². The van der Waals surface area contributed by atoms with Crippen LogP contribution < -0.4 is 5.63 Å². The van der Waals surface area contributed by atoms with Gasteiger partial charge in [0.05, 0.1) is 10.7 Å². The zero-order valence-corrected chi connectivity index (χ0v) is 10.3. The number of fused-ring (bicyclic) bond motifs is 1. The van der Waals surface area contributed by atoms with E-state index in [0.29, 0.717) is 0 Å². The number of nitro benzene ring substituents is 1. The van der Waals surface area contributed by atoms with Crippen molar-refractivity contribution in [3.8, 4) is 0 Å². The van der Waals surface area contributed by atoms with Gasteiger partial charge in [0.25, 0.3) is 5.69 Å². The number of nitrogens with zero attached hydrogens (tertiary/aromatic N) is 2. The predicted molar refractivity (Wildman–Crippen MR) is 70.3 cm³/mol. The Morgan fingerprint density at radius 3 is 2.90 bits per heavy atom. The van der Waals surface area contributed by atoms with Crippen LogP contribution in [0, 0.1) is 16.0 Å². The van der Waals surface area contributed by atoms with E-state index in [-0.39, 0.29) is 34.2 Å². The third-order valence-electron chi connectivity index (χ3n) is 3.09. The lowest BCUT2D eigenvalue weighted by Crippen LogP contribution is -2.07. The largest absolute Gasteiger partial charge is 0.512 e. The van der Waals surface area contributed by atoms with Crippen LogP contribution in [0.2, 0.25) is 0 Å². The van der Waals surface area contributed by atoms with Crippen LogP contribution in [0.5, 0.6) is 0 Å². The molecule has 0 unspecified atom stereocenters. The summed E-state index contributed by atoms with van der Waals surface area (Å²) >= 11 is 0. The van der Waals surface area contributed by atoms with E-state index in [1.165, 1.54) is 24.3 Å². The fourth-order valence-electron chi connectivity index (χ4n) is 1.85. The second-order valence-corrected chi connectivity index (χ2v) is 4.64. The standard InChI is InChI=1S/C13H10N2O5/c16-11(7-1-2-7)6-10-13(17)20-12-4-3-8(15(18)19)5-9(12)14-10/h3-7,16H,1-2H2. The summed E-state index contributed by atoms with van der Waals surface area (Å²) < 4.78 is 5.03. The summed E-state index contributed by atoms with van der Waals surface area (Å²) in [6.07, 6.45) is 3.03. The first kappa shape index (κ1) is 12.3. The molecule has 0 bridgehead atoms. The Labute approximate surface area is 112 Å². The lowest BCUT2D eigenvalue weighted by molar-refractivity contribution is -0.384. The number of rotatable bonds is 3. The van der Waals surface area contributed by atoms with Gasteiger partial charge in [-0.3, -0.25) is 10.1 Å². The third-order valence-corrected chi connectivity index (χ3v) is 3.09. The van der Waals surface area contributed by atoms with Crippen LogP contribution >= 0.6 is 0 Å². The van der Waals surface area contributed by atoms with Crippen LogP contribution in [0.1, 0.15) is 18.5 Å². The van der Waals surface area contributed by atoms with Gasteiger partial charge < -0.3 is 9.52 Å². The van der Waals surface area contributed by atoms with E-state index in [2.05, 4.69) is 4.98 Å². The number of nitro groups is 1. The minimum Gasteiger partial charge on any atom is -0.512 e.